The van der Waals surface area contributed by atoms with Gasteiger partial charge in [-0.25, -0.2) is 0 Å². The first kappa shape index (κ1) is 22.3. The lowest BCUT2D eigenvalue weighted by atomic mass is 10.1. The van der Waals surface area contributed by atoms with Crippen molar-refractivity contribution in [3.63, 3.8) is 0 Å². The molecule has 1 saturated carbocycles. The van der Waals surface area contributed by atoms with Gasteiger partial charge in [0.2, 0.25) is 0 Å². The maximum absolute atomic E-state index is 7.56. The highest BCUT2D eigenvalue weighted by molar-refractivity contribution is 6.99. The molecule has 3 aliphatic rings. The summed E-state index contributed by atoms with van der Waals surface area (Å²) in [4.78, 5) is 0. The number of fused-ring (bicyclic) bond motifs is 1. The second-order valence-corrected chi connectivity index (χ2v) is 15.3. The third kappa shape index (κ3) is 3.33. The van der Waals surface area contributed by atoms with Crippen molar-refractivity contribution in [2.75, 3.05) is 0 Å². The summed E-state index contributed by atoms with van der Waals surface area (Å²) in [5, 5.41) is 2.47. The molecule has 2 aliphatic heterocycles. The van der Waals surface area contributed by atoms with Crippen molar-refractivity contribution < 1.29 is 18.6 Å². The molecule has 1 aliphatic carbocycles. The van der Waals surface area contributed by atoms with Gasteiger partial charge in [0, 0.05) is 0 Å². The van der Waals surface area contributed by atoms with E-state index in [-0.39, 0.29) is 29.1 Å². The van der Waals surface area contributed by atoms with Crippen LogP contribution in [0.2, 0.25) is 5.04 Å². The minimum absolute atomic E-state index is 0.0967. The van der Waals surface area contributed by atoms with E-state index in [1.54, 1.807) is 0 Å². The molecule has 3 fully saturated rings. The summed E-state index contributed by atoms with van der Waals surface area (Å²) in [6.07, 6.45) is 1.33. The first-order valence-corrected chi connectivity index (χ1v) is 13.9. The van der Waals surface area contributed by atoms with Gasteiger partial charge in [-0.3, -0.25) is 0 Å². The summed E-state index contributed by atoms with van der Waals surface area (Å²) in [7, 11) is -2.73. The van der Waals surface area contributed by atoms with E-state index >= 15 is 0 Å². The monoisotopic (exact) mass is 452 g/mol. The summed E-state index contributed by atoms with van der Waals surface area (Å²) in [5.41, 5.74) is -0.312. The maximum Gasteiger partial charge on any atom is 0.261 e. The van der Waals surface area contributed by atoms with Gasteiger partial charge in [0.1, 0.15) is 17.8 Å². The Hall–Kier alpha value is -1.50. The van der Waals surface area contributed by atoms with Crippen molar-refractivity contribution >= 4 is 18.7 Å². The Morgan fingerprint density at radius 1 is 0.906 bits per heavy atom. The highest BCUT2D eigenvalue weighted by Gasteiger charge is 2.73. The molecule has 0 amide bonds. The number of rotatable bonds is 5. The molecule has 5 heteroatoms. The van der Waals surface area contributed by atoms with E-state index in [4.69, 9.17) is 18.6 Å². The van der Waals surface area contributed by atoms with Crippen LogP contribution in [0.1, 0.15) is 54.4 Å². The Bertz CT molecular complexity index is 915. The van der Waals surface area contributed by atoms with Crippen molar-refractivity contribution in [2.45, 2.75) is 89.3 Å². The highest BCUT2D eigenvalue weighted by atomic mass is 28.4. The fourth-order valence-electron chi connectivity index (χ4n) is 5.97. The highest BCUT2D eigenvalue weighted by Crippen LogP contribution is 2.61. The molecule has 4 nitrogen and oxygen atoms in total. The van der Waals surface area contributed by atoms with Crippen LogP contribution >= 0.6 is 0 Å². The second kappa shape index (κ2) is 7.50. The van der Waals surface area contributed by atoms with Crippen LogP contribution in [0, 0.1) is 5.92 Å². The van der Waals surface area contributed by atoms with E-state index in [9.17, 15) is 0 Å². The van der Waals surface area contributed by atoms with Gasteiger partial charge in [-0.15, -0.1) is 0 Å². The van der Waals surface area contributed by atoms with E-state index < -0.39 is 14.1 Å². The zero-order valence-corrected chi connectivity index (χ0v) is 21.1. The maximum atomic E-state index is 7.56. The Morgan fingerprint density at radius 3 is 1.94 bits per heavy atom. The Balaban J connectivity index is 1.66. The van der Waals surface area contributed by atoms with Crippen LogP contribution in [0.25, 0.3) is 0 Å². The minimum Gasteiger partial charge on any atom is -0.399 e. The van der Waals surface area contributed by atoms with Crippen LogP contribution in [-0.2, 0) is 18.6 Å². The third-order valence-corrected chi connectivity index (χ3v) is 12.5. The average molecular weight is 453 g/mol. The van der Waals surface area contributed by atoms with Crippen molar-refractivity contribution in [3.05, 3.63) is 60.7 Å². The molecule has 0 aromatic heterocycles. The van der Waals surface area contributed by atoms with Gasteiger partial charge in [-0.05, 0) is 41.6 Å². The molecule has 2 saturated heterocycles. The molecule has 2 aromatic rings. The molecule has 2 heterocycles. The molecule has 0 radical (unpaired) electrons. The van der Waals surface area contributed by atoms with Crippen molar-refractivity contribution in [1.29, 1.82) is 0 Å². The minimum atomic E-state index is -2.73. The van der Waals surface area contributed by atoms with Crippen molar-refractivity contribution in [3.8, 4) is 0 Å². The van der Waals surface area contributed by atoms with Gasteiger partial charge < -0.3 is 18.6 Å². The lowest BCUT2D eigenvalue weighted by molar-refractivity contribution is -0.221. The molecular weight excluding hydrogens is 416 g/mol. The van der Waals surface area contributed by atoms with Crippen LogP contribution in [-0.4, -0.2) is 38.2 Å². The Morgan fingerprint density at radius 2 is 1.47 bits per heavy atom. The molecule has 32 heavy (non-hydrogen) atoms. The van der Waals surface area contributed by atoms with E-state index in [1.165, 1.54) is 10.4 Å². The molecule has 0 bridgehead atoms. The predicted molar refractivity (Wildman–Crippen MR) is 129 cm³/mol. The first-order chi connectivity index (χ1) is 15.1. The molecule has 2 unspecified atom stereocenters. The van der Waals surface area contributed by atoms with E-state index in [0.717, 1.165) is 12.8 Å². The average Bonchev–Trinajstić information content (AvgIpc) is 3.28. The molecular formula is C27H36O4Si. The standard InChI is InChI=1S/C27H36O4Si/c1-7-19-18-27(19)23(22-24(30-27)29-26(5,6)28-22)31-32(25(2,3)4,20-14-10-8-11-15-20)21-16-12-9-13-17-21/h8-17,19,22-24H,7,18H2,1-6H3/t19?,22?,23-,24+,27+/m1/s1. The Kier molecular flexibility index (Phi) is 5.23. The van der Waals surface area contributed by atoms with Crippen molar-refractivity contribution in [2.24, 2.45) is 5.92 Å². The first-order valence-electron chi connectivity index (χ1n) is 12.0. The van der Waals surface area contributed by atoms with E-state index in [0.29, 0.717) is 5.92 Å². The lowest BCUT2D eigenvalue weighted by Gasteiger charge is -2.46. The van der Waals surface area contributed by atoms with Gasteiger partial charge in [-0.1, -0.05) is 94.8 Å². The molecule has 172 valence electrons. The normalized spacial score (nSPS) is 33.4. The number of hydrogen-bond donors (Lipinski definition) is 0. The SMILES string of the molecule is CCC1C[C@]12O[C@@H]1OC(C)(C)OC1[C@H]2O[Si](c1ccccc1)(c1ccccc1)C(C)(C)C. The fourth-order valence-corrected chi connectivity index (χ4v) is 10.7. The predicted octanol–water partition coefficient (Wildman–Crippen LogP) is 4.61. The molecule has 5 rings (SSSR count). The largest absolute Gasteiger partial charge is 0.399 e. The quantitative estimate of drug-likeness (QED) is 0.621. The van der Waals surface area contributed by atoms with Gasteiger partial charge in [-0.2, -0.15) is 0 Å². The van der Waals surface area contributed by atoms with Crippen LogP contribution in [0.5, 0.6) is 0 Å². The summed E-state index contributed by atoms with van der Waals surface area (Å²) in [6.45, 7) is 13.1. The van der Waals surface area contributed by atoms with Crippen molar-refractivity contribution in [1.82, 2.24) is 0 Å². The topological polar surface area (TPSA) is 36.9 Å². The van der Waals surface area contributed by atoms with Crippen LogP contribution in [0.3, 0.4) is 0 Å². The van der Waals surface area contributed by atoms with E-state index in [1.807, 2.05) is 13.8 Å². The lowest BCUT2D eigenvalue weighted by Crippen LogP contribution is -2.69. The molecule has 5 atom stereocenters. The summed E-state index contributed by atoms with van der Waals surface area (Å²) >= 11 is 0. The van der Waals surface area contributed by atoms with Crippen LogP contribution in [0.4, 0.5) is 0 Å². The summed E-state index contributed by atoms with van der Waals surface area (Å²) in [6, 6.07) is 21.6. The molecule has 0 N–H and O–H groups in total. The number of ether oxygens (including phenoxy) is 3. The third-order valence-electron chi connectivity index (χ3n) is 7.51. The molecule has 1 spiro atoms. The van der Waals surface area contributed by atoms with Crippen LogP contribution in [0.15, 0.2) is 60.7 Å². The van der Waals surface area contributed by atoms with Gasteiger partial charge in [0.05, 0.1) is 0 Å². The molecule has 2 aromatic carbocycles. The van der Waals surface area contributed by atoms with Crippen LogP contribution < -0.4 is 10.4 Å². The second-order valence-electron chi connectivity index (χ2n) is 11.1. The summed E-state index contributed by atoms with van der Waals surface area (Å²) in [5.74, 6) is -0.188. The van der Waals surface area contributed by atoms with Gasteiger partial charge in [0.25, 0.3) is 8.32 Å². The van der Waals surface area contributed by atoms with Gasteiger partial charge in [0.15, 0.2) is 12.1 Å². The number of benzene rings is 2. The number of hydrogen-bond acceptors (Lipinski definition) is 4. The summed E-state index contributed by atoms with van der Waals surface area (Å²) < 4.78 is 26.8. The zero-order valence-electron chi connectivity index (χ0n) is 20.1. The smallest absolute Gasteiger partial charge is 0.261 e. The fraction of sp³-hybridized carbons (Fsp3) is 0.556. The Labute approximate surface area is 193 Å². The zero-order chi connectivity index (χ0) is 22.8. The van der Waals surface area contributed by atoms with Gasteiger partial charge >= 0.3 is 0 Å². The van der Waals surface area contributed by atoms with E-state index in [2.05, 4.69) is 88.4 Å².